The molecule has 0 atom stereocenters. The molecule has 2 rings (SSSR count). The maximum Gasteiger partial charge on any atom is 0.341 e. The molecule has 1 fully saturated rings. The SMILES string of the molecule is CCOC(=O)c1cc(CC)sc1NC(=O)COC(=O)CN1C(=O)NC(C)(C)C1=O. The Morgan fingerprint density at radius 2 is 1.90 bits per heavy atom. The smallest absolute Gasteiger partial charge is 0.341 e. The molecule has 0 radical (unpaired) electrons. The summed E-state index contributed by atoms with van der Waals surface area (Å²) in [7, 11) is 0. The highest BCUT2D eigenvalue weighted by atomic mass is 32.1. The molecule has 0 unspecified atom stereocenters. The molecule has 10 nitrogen and oxygen atoms in total. The number of nitrogens with one attached hydrogen (secondary N) is 2. The van der Waals surface area contributed by atoms with Gasteiger partial charge in [-0.1, -0.05) is 6.92 Å². The Bertz CT molecular complexity index is 847. The monoisotopic (exact) mass is 425 g/mol. The first-order valence-corrected chi connectivity index (χ1v) is 9.80. The van der Waals surface area contributed by atoms with Crippen LogP contribution in [0.15, 0.2) is 6.07 Å². The molecule has 0 bridgehead atoms. The van der Waals surface area contributed by atoms with E-state index >= 15 is 0 Å². The average Bonchev–Trinajstić information content (AvgIpc) is 3.14. The predicted molar refractivity (Wildman–Crippen MR) is 104 cm³/mol. The lowest BCUT2D eigenvalue weighted by molar-refractivity contribution is -0.150. The third-order valence-electron chi connectivity index (χ3n) is 3.98. The highest BCUT2D eigenvalue weighted by Gasteiger charge is 2.45. The lowest BCUT2D eigenvalue weighted by Crippen LogP contribution is -2.41. The highest BCUT2D eigenvalue weighted by Crippen LogP contribution is 2.29. The van der Waals surface area contributed by atoms with Crippen molar-refractivity contribution in [1.29, 1.82) is 0 Å². The van der Waals surface area contributed by atoms with Gasteiger partial charge in [-0.15, -0.1) is 11.3 Å². The van der Waals surface area contributed by atoms with Crippen LogP contribution < -0.4 is 10.6 Å². The summed E-state index contributed by atoms with van der Waals surface area (Å²) < 4.78 is 9.82. The molecular weight excluding hydrogens is 402 g/mol. The number of thiophene rings is 1. The predicted octanol–water partition coefficient (Wildman–Crippen LogP) is 1.30. The molecule has 2 N–H and O–H groups in total. The molecule has 1 saturated heterocycles. The summed E-state index contributed by atoms with van der Waals surface area (Å²) in [5.41, 5.74) is -0.871. The van der Waals surface area contributed by atoms with E-state index in [-0.39, 0.29) is 12.2 Å². The summed E-state index contributed by atoms with van der Waals surface area (Å²) >= 11 is 1.22. The molecule has 0 saturated carbocycles. The lowest BCUT2D eigenvalue weighted by atomic mass is 10.1. The molecule has 0 aliphatic carbocycles. The van der Waals surface area contributed by atoms with Crippen molar-refractivity contribution < 1.29 is 33.4 Å². The molecule has 1 aromatic heterocycles. The van der Waals surface area contributed by atoms with E-state index in [2.05, 4.69) is 10.6 Å². The van der Waals surface area contributed by atoms with Crippen molar-refractivity contribution in [2.45, 2.75) is 39.7 Å². The second kappa shape index (κ2) is 9.03. The number of anilines is 1. The molecule has 2 heterocycles. The Hall–Kier alpha value is -2.95. The number of imide groups is 1. The van der Waals surface area contributed by atoms with Gasteiger partial charge in [0, 0.05) is 4.88 Å². The van der Waals surface area contributed by atoms with Crippen LogP contribution in [-0.2, 0) is 30.3 Å². The Balaban J connectivity index is 1.92. The number of carbonyl (C=O) groups excluding carboxylic acids is 5. The number of esters is 2. The van der Waals surface area contributed by atoms with Gasteiger partial charge in [-0.3, -0.25) is 19.3 Å². The third kappa shape index (κ3) is 5.31. The van der Waals surface area contributed by atoms with Crippen LogP contribution in [0.25, 0.3) is 0 Å². The quantitative estimate of drug-likeness (QED) is 0.474. The zero-order valence-corrected chi connectivity index (χ0v) is 17.4. The van der Waals surface area contributed by atoms with E-state index in [1.165, 1.54) is 25.2 Å². The van der Waals surface area contributed by atoms with Crippen LogP contribution in [0.2, 0.25) is 0 Å². The van der Waals surface area contributed by atoms with E-state index in [1.54, 1.807) is 13.0 Å². The van der Waals surface area contributed by atoms with Gasteiger partial charge in [0.15, 0.2) is 6.61 Å². The Kier molecular flexibility index (Phi) is 6.96. The Morgan fingerprint density at radius 1 is 1.21 bits per heavy atom. The van der Waals surface area contributed by atoms with Crippen LogP contribution in [0.4, 0.5) is 9.80 Å². The number of carbonyl (C=O) groups is 5. The Labute approximate surface area is 171 Å². The van der Waals surface area contributed by atoms with Crippen LogP contribution in [0, 0.1) is 0 Å². The molecule has 11 heteroatoms. The minimum absolute atomic E-state index is 0.195. The Morgan fingerprint density at radius 3 is 2.45 bits per heavy atom. The molecule has 1 aliphatic heterocycles. The standard InChI is InChI=1S/C18H23N3O7S/c1-5-10-7-11(15(24)27-6-2)14(29-10)19-12(22)9-28-13(23)8-21-16(25)18(3,4)20-17(21)26/h7H,5-6,8-9H2,1-4H3,(H,19,22)(H,20,26). The van der Waals surface area contributed by atoms with E-state index in [9.17, 15) is 24.0 Å². The molecule has 1 aliphatic rings. The molecule has 1 aromatic rings. The van der Waals surface area contributed by atoms with Crippen LogP contribution in [0.1, 0.15) is 42.9 Å². The highest BCUT2D eigenvalue weighted by molar-refractivity contribution is 7.16. The van der Waals surface area contributed by atoms with E-state index in [1.807, 2.05) is 6.92 Å². The zero-order valence-electron chi connectivity index (χ0n) is 16.6. The topological polar surface area (TPSA) is 131 Å². The molecule has 0 aromatic carbocycles. The number of rotatable bonds is 8. The van der Waals surface area contributed by atoms with Crippen molar-refractivity contribution in [2.75, 3.05) is 25.1 Å². The van der Waals surface area contributed by atoms with Crippen LogP contribution in [0.3, 0.4) is 0 Å². The molecule has 4 amide bonds. The normalized spacial score (nSPS) is 15.1. The minimum atomic E-state index is -1.10. The average molecular weight is 425 g/mol. The lowest BCUT2D eigenvalue weighted by Gasteiger charge is -2.15. The maximum atomic E-state index is 12.1. The minimum Gasteiger partial charge on any atom is -0.462 e. The number of aryl methyl sites for hydroxylation is 1. The summed E-state index contributed by atoms with van der Waals surface area (Å²) in [5, 5.41) is 5.27. The summed E-state index contributed by atoms with van der Waals surface area (Å²) in [6, 6.07) is 0.940. The molecule has 158 valence electrons. The van der Waals surface area contributed by atoms with E-state index in [4.69, 9.17) is 9.47 Å². The van der Waals surface area contributed by atoms with E-state index in [0.29, 0.717) is 11.4 Å². The first-order chi connectivity index (χ1) is 13.6. The molecular formula is C18H23N3O7S. The second-order valence-electron chi connectivity index (χ2n) is 6.68. The molecule has 0 spiro atoms. The molecule has 29 heavy (non-hydrogen) atoms. The van der Waals surface area contributed by atoms with Gasteiger partial charge in [0.2, 0.25) is 0 Å². The number of urea groups is 1. The van der Waals surface area contributed by atoms with Crippen molar-refractivity contribution in [3.05, 3.63) is 16.5 Å². The second-order valence-corrected chi connectivity index (χ2v) is 7.82. The third-order valence-corrected chi connectivity index (χ3v) is 5.17. The van der Waals surface area contributed by atoms with Gasteiger partial charge in [0.05, 0.1) is 12.2 Å². The van der Waals surface area contributed by atoms with Gasteiger partial charge < -0.3 is 20.1 Å². The first kappa shape index (κ1) is 22.3. The number of nitrogens with zero attached hydrogens (tertiary/aromatic N) is 1. The fourth-order valence-corrected chi connectivity index (χ4v) is 3.52. The summed E-state index contributed by atoms with van der Waals surface area (Å²) in [6.07, 6.45) is 0.671. The van der Waals surface area contributed by atoms with Crippen molar-refractivity contribution in [1.82, 2.24) is 10.2 Å². The van der Waals surface area contributed by atoms with Crippen molar-refractivity contribution in [2.24, 2.45) is 0 Å². The van der Waals surface area contributed by atoms with Crippen LogP contribution in [0.5, 0.6) is 0 Å². The zero-order chi connectivity index (χ0) is 21.8. The summed E-state index contributed by atoms with van der Waals surface area (Å²) in [4.78, 5) is 61.5. The van der Waals surface area contributed by atoms with Crippen molar-refractivity contribution >= 4 is 46.1 Å². The van der Waals surface area contributed by atoms with E-state index < -0.39 is 48.5 Å². The van der Waals surface area contributed by atoms with Gasteiger partial charge >= 0.3 is 18.0 Å². The number of hydrogen-bond acceptors (Lipinski definition) is 8. The largest absolute Gasteiger partial charge is 0.462 e. The van der Waals surface area contributed by atoms with Crippen LogP contribution >= 0.6 is 11.3 Å². The van der Waals surface area contributed by atoms with Gasteiger partial charge in [-0.2, -0.15) is 0 Å². The summed E-state index contributed by atoms with van der Waals surface area (Å²) in [5.74, 6) is -2.69. The van der Waals surface area contributed by atoms with Gasteiger partial charge in [0.1, 0.15) is 17.1 Å². The summed E-state index contributed by atoms with van der Waals surface area (Å²) in [6.45, 7) is 5.57. The van der Waals surface area contributed by atoms with E-state index in [0.717, 1.165) is 9.78 Å². The fraction of sp³-hybridized carbons (Fsp3) is 0.500. The first-order valence-electron chi connectivity index (χ1n) is 8.98. The fourth-order valence-electron chi connectivity index (χ4n) is 2.51. The number of ether oxygens (including phenoxy) is 2. The van der Waals surface area contributed by atoms with Crippen LogP contribution in [-0.4, -0.2) is 60.0 Å². The number of amides is 4. The number of hydrogen-bond donors (Lipinski definition) is 2. The van der Waals surface area contributed by atoms with Crippen molar-refractivity contribution in [3.8, 4) is 0 Å². The van der Waals surface area contributed by atoms with Gasteiger partial charge in [-0.05, 0) is 33.3 Å². The van der Waals surface area contributed by atoms with Gasteiger partial charge in [0.25, 0.3) is 11.8 Å². The van der Waals surface area contributed by atoms with Gasteiger partial charge in [-0.25, -0.2) is 9.59 Å². The van der Waals surface area contributed by atoms with Crippen molar-refractivity contribution in [3.63, 3.8) is 0 Å². The maximum absolute atomic E-state index is 12.1.